The van der Waals surface area contributed by atoms with Gasteiger partial charge in [-0.2, -0.15) is 0 Å². The normalized spacial score (nSPS) is 27.9. The van der Waals surface area contributed by atoms with Crippen LogP contribution in [0, 0.1) is 11.8 Å². The van der Waals surface area contributed by atoms with E-state index < -0.39 is 18.3 Å². The molecule has 0 aromatic carbocycles. The first-order chi connectivity index (χ1) is 12.0. The Bertz CT molecular complexity index is 393. The van der Waals surface area contributed by atoms with E-state index in [2.05, 4.69) is 6.92 Å². The van der Waals surface area contributed by atoms with Crippen LogP contribution in [-0.4, -0.2) is 39.4 Å². The third-order valence-corrected chi connectivity index (χ3v) is 5.39. The largest absolute Gasteiger partial charge is 0.393 e. The van der Waals surface area contributed by atoms with Crippen LogP contribution in [0.3, 0.4) is 0 Å². The summed E-state index contributed by atoms with van der Waals surface area (Å²) in [5.74, 6) is 0.256. The predicted molar refractivity (Wildman–Crippen MR) is 101 cm³/mol. The lowest BCUT2D eigenvalue weighted by atomic mass is 9.87. The molecule has 0 aromatic rings. The van der Waals surface area contributed by atoms with Gasteiger partial charge in [0.15, 0.2) is 0 Å². The van der Waals surface area contributed by atoms with Gasteiger partial charge in [0.1, 0.15) is 5.78 Å². The zero-order valence-corrected chi connectivity index (χ0v) is 16.1. The molecule has 25 heavy (non-hydrogen) atoms. The fourth-order valence-corrected chi connectivity index (χ4v) is 3.84. The number of rotatable bonds is 13. The Balaban J connectivity index is 2.38. The Hall–Kier alpha value is -0.710. The number of Topliss-reactive ketones (excluding diaryl/α,β-unsaturated/α-hetero) is 1. The van der Waals surface area contributed by atoms with E-state index in [-0.39, 0.29) is 17.6 Å². The molecule has 146 valence electrons. The molecule has 0 bridgehead atoms. The van der Waals surface area contributed by atoms with E-state index in [1.54, 1.807) is 13.0 Å². The summed E-state index contributed by atoms with van der Waals surface area (Å²) in [4.78, 5) is 10.9. The highest BCUT2D eigenvalue weighted by Crippen LogP contribution is 2.37. The third kappa shape index (κ3) is 8.98. The van der Waals surface area contributed by atoms with Gasteiger partial charge in [0.25, 0.3) is 0 Å². The standard InChI is InChI=1S/C21H38O4/c1-3-4-7-11-17(23)13-14-19-18(20(24)15-21(19)25)12-9-6-5-8-10-16(2)22/h13-14,17-21,23-25H,3-12,15H2,1-2H3/b14-13+/t17-,18+,19+,20?,21+/m0/s1. The van der Waals surface area contributed by atoms with Crippen molar-refractivity contribution in [1.29, 1.82) is 0 Å². The fraction of sp³-hybridized carbons (Fsp3) is 0.857. The zero-order valence-electron chi connectivity index (χ0n) is 16.1. The van der Waals surface area contributed by atoms with E-state index in [9.17, 15) is 20.1 Å². The first kappa shape index (κ1) is 22.3. The zero-order chi connectivity index (χ0) is 18.7. The summed E-state index contributed by atoms with van der Waals surface area (Å²) < 4.78 is 0. The van der Waals surface area contributed by atoms with Crippen LogP contribution in [0.1, 0.15) is 84.5 Å². The maximum Gasteiger partial charge on any atom is 0.129 e. The van der Waals surface area contributed by atoms with E-state index in [0.29, 0.717) is 12.8 Å². The van der Waals surface area contributed by atoms with Gasteiger partial charge in [0, 0.05) is 18.8 Å². The Morgan fingerprint density at radius 2 is 1.80 bits per heavy atom. The summed E-state index contributed by atoms with van der Waals surface area (Å²) >= 11 is 0. The van der Waals surface area contributed by atoms with Crippen LogP contribution in [0.15, 0.2) is 12.2 Å². The van der Waals surface area contributed by atoms with E-state index in [1.165, 1.54) is 0 Å². The summed E-state index contributed by atoms with van der Waals surface area (Å²) in [6, 6.07) is 0. The molecule has 4 nitrogen and oxygen atoms in total. The molecule has 0 saturated heterocycles. The summed E-state index contributed by atoms with van der Waals surface area (Å²) in [6.07, 6.45) is 12.4. The van der Waals surface area contributed by atoms with Gasteiger partial charge < -0.3 is 20.1 Å². The van der Waals surface area contributed by atoms with Crippen molar-refractivity contribution in [2.75, 3.05) is 0 Å². The molecule has 5 atom stereocenters. The number of hydrogen-bond acceptors (Lipinski definition) is 4. The number of aliphatic hydroxyl groups excluding tert-OH is 3. The van der Waals surface area contributed by atoms with Crippen LogP contribution < -0.4 is 0 Å². The van der Waals surface area contributed by atoms with Crippen molar-refractivity contribution in [3.63, 3.8) is 0 Å². The second kappa shape index (κ2) is 12.6. The van der Waals surface area contributed by atoms with Gasteiger partial charge in [-0.15, -0.1) is 0 Å². The molecule has 1 fully saturated rings. The molecule has 1 saturated carbocycles. The minimum Gasteiger partial charge on any atom is -0.393 e. The van der Waals surface area contributed by atoms with Gasteiger partial charge in [-0.3, -0.25) is 0 Å². The number of carbonyl (C=O) groups excluding carboxylic acids is 1. The average Bonchev–Trinajstić information content (AvgIpc) is 2.82. The molecule has 0 amide bonds. The molecule has 1 rings (SSSR count). The van der Waals surface area contributed by atoms with Gasteiger partial charge in [-0.25, -0.2) is 0 Å². The molecule has 4 heteroatoms. The van der Waals surface area contributed by atoms with Crippen LogP contribution in [0.2, 0.25) is 0 Å². The summed E-state index contributed by atoms with van der Waals surface area (Å²) in [5, 5.41) is 30.5. The van der Waals surface area contributed by atoms with Crippen molar-refractivity contribution >= 4 is 5.78 Å². The molecule has 1 aliphatic carbocycles. The van der Waals surface area contributed by atoms with Crippen molar-refractivity contribution in [3.8, 4) is 0 Å². The van der Waals surface area contributed by atoms with Crippen molar-refractivity contribution in [2.24, 2.45) is 11.8 Å². The molecular weight excluding hydrogens is 316 g/mol. The second-order valence-corrected chi connectivity index (χ2v) is 7.71. The maximum absolute atomic E-state index is 10.9. The van der Waals surface area contributed by atoms with Crippen LogP contribution in [0.4, 0.5) is 0 Å². The Morgan fingerprint density at radius 3 is 2.48 bits per heavy atom. The highest BCUT2D eigenvalue weighted by molar-refractivity contribution is 5.75. The average molecular weight is 355 g/mol. The van der Waals surface area contributed by atoms with Crippen molar-refractivity contribution in [1.82, 2.24) is 0 Å². The van der Waals surface area contributed by atoms with E-state index in [4.69, 9.17) is 0 Å². The Labute approximate surface area is 153 Å². The van der Waals surface area contributed by atoms with Gasteiger partial charge in [0.2, 0.25) is 0 Å². The topological polar surface area (TPSA) is 77.8 Å². The number of ketones is 1. The molecule has 0 radical (unpaired) electrons. The minimum atomic E-state index is -0.517. The van der Waals surface area contributed by atoms with E-state index >= 15 is 0 Å². The molecular formula is C21H38O4. The highest BCUT2D eigenvalue weighted by atomic mass is 16.3. The molecule has 0 aromatic heterocycles. The molecule has 3 N–H and O–H groups in total. The third-order valence-electron chi connectivity index (χ3n) is 5.39. The number of carbonyl (C=O) groups is 1. The van der Waals surface area contributed by atoms with Gasteiger partial charge in [-0.1, -0.05) is 57.6 Å². The number of unbranched alkanes of at least 4 members (excludes halogenated alkanes) is 5. The molecule has 1 aliphatic rings. The highest BCUT2D eigenvalue weighted by Gasteiger charge is 2.39. The lowest BCUT2D eigenvalue weighted by molar-refractivity contribution is -0.117. The summed E-state index contributed by atoms with van der Waals surface area (Å²) in [6.45, 7) is 3.77. The minimum absolute atomic E-state index is 0.0620. The van der Waals surface area contributed by atoms with Crippen LogP contribution in [0.5, 0.6) is 0 Å². The summed E-state index contributed by atoms with van der Waals surface area (Å²) in [5.41, 5.74) is 0. The van der Waals surface area contributed by atoms with Crippen molar-refractivity contribution < 1.29 is 20.1 Å². The van der Waals surface area contributed by atoms with Crippen LogP contribution in [-0.2, 0) is 4.79 Å². The lowest BCUT2D eigenvalue weighted by Gasteiger charge is -2.21. The monoisotopic (exact) mass is 354 g/mol. The lowest BCUT2D eigenvalue weighted by Crippen LogP contribution is -2.21. The van der Waals surface area contributed by atoms with Gasteiger partial charge in [0.05, 0.1) is 18.3 Å². The summed E-state index contributed by atoms with van der Waals surface area (Å²) in [7, 11) is 0. The van der Waals surface area contributed by atoms with Crippen molar-refractivity contribution in [3.05, 3.63) is 12.2 Å². The molecule has 0 heterocycles. The predicted octanol–water partition coefficient (Wildman–Crippen LogP) is 3.77. The first-order valence-corrected chi connectivity index (χ1v) is 10.2. The van der Waals surface area contributed by atoms with E-state index in [0.717, 1.165) is 57.8 Å². The number of aliphatic hydroxyl groups is 3. The van der Waals surface area contributed by atoms with Crippen LogP contribution >= 0.6 is 0 Å². The van der Waals surface area contributed by atoms with Gasteiger partial charge in [-0.05, 0) is 32.1 Å². The van der Waals surface area contributed by atoms with Crippen LogP contribution in [0.25, 0.3) is 0 Å². The second-order valence-electron chi connectivity index (χ2n) is 7.71. The van der Waals surface area contributed by atoms with Gasteiger partial charge >= 0.3 is 0 Å². The SMILES string of the molecule is CCCCC[C@H](O)/C=C/[C@H]1[C@H](O)CC(O)[C@@H]1CCCCCCC(C)=O. The molecule has 1 unspecified atom stereocenters. The smallest absolute Gasteiger partial charge is 0.129 e. The number of hydrogen-bond donors (Lipinski definition) is 3. The molecule has 0 spiro atoms. The van der Waals surface area contributed by atoms with Crippen molar-refractivity contribution in [2.45, 2.75) is 103 Å². The Morgan fingerprint density at radius 1 is 1.08 bits per heavy atom. The maximum atomic E-state index is 10.9. The first-order valence-electron chi connectivity index (χ1n) is 10.2. The Kier molecular flexibility index (Phi) is 11.3. The molecule has 0 aliphatic heterocycles. The fourth-order valence-electron chi connectivity index (χ4n) is 3.84. The quantitative estimate of drug-likeness (QED) is 0.347. The van der Waals surface area contributed by atoms with E-state index in [1.807, 2.05) is 6.08 Å².